The smallest absolute Gasteiger partial charge is 0.357 e. The van der Waals surface area contributed by atoms with Crippen LogP contribution in [-0.2, 0) is 16.2 Å². The summed E-state index contributed by atoms with van der Waals surface area (Å²) < 4.78 is 25.8. The van der Waals surface area contributed by atoms with Crippen LogP contribution in [0.2, 0.25) is 0 Å². The monoisotopic (exact) mass is 402 g/mol. The Kier molecular flexibility index (Phi) is 5.36. The number of rotatable bonds is 6. The molecule has 0 saturated carbocycles. The molecule has 1 aromatic heterocycles. The molecule has 1 amide bonds. The molecular formula is C17H14N4O4S2. The van der Waals surface area contributed by atoms with Crippen molar-refractivity contribution in [1.82, 2.24) is 4.98 Å². The van der Waals surface area contributed by atoms with Gasteiger partial charge in [0.15, 0.2) is 11.8 Å². The van der Waals surface area contributed by atoms with Crippen molar-refractivity contribution in [2.24, 2.45) is 5.73 Å². The van der Waals surface area contributed by atoms with E-state index in [1.165, 1.54) is 11.3 Å². The van der Waals surface area contributed by atoms with Gasteiger partial charge >= 0.3 is 11.4 Å². The van der Waals surface area contributed by atoms with Crippen LogP contribution in [0.4, 0.5) is 5.69 Å². The van der Waals surface area contributed by atoms with Gasteiger partial charge in [-0.05, 0) is 42.8 Å². The fourth-order valence-corrected chi connectivity index (χ4v) is 3.92. The number of nitriles is 1. The van der Waals surface area contributed by atoms with Crippen LogP contribution in [0.15, 0.2) is 36.4 Å². The minimum Gasteiger partial charge on any atom is -0.378 e. The molecule has 3 rings (SSSR count). The number of hydrogen-bond acceptors (Lipinski definition) is 7. The molecule has 2 aromatic carbocycles. The molecule has 8 nitrogen and oxygen atoms in total. The molecule has 10 heteroatoms. The summed E-state index contributed by atoms with van der Waals surface area (Å²) in [5.41, 5.74) is 7.90. The number of primary amides is 1. The zero-order valence-electron chi connectivity index (χ0n) is 14.0. The number of thiazole rings is 1. The van der Waals surface area contributed by atoms with Crippen LogP contribution in [0.5, 0.6) is 5.75 Å². The van der Waals surface area contributed by atoms with E-state index in [0.29, 0.717) is 26.7 Å². The fourth-order valence-electron chi connectivity index (χ4n) is 2.41. The van der Waals surface area contributed by atoms with E-state index in [-0.39, 0.29) is 0 Å². The molecule has 4 N–H and O–H groups in total. The standard InChI is InChI=1S/C17H14N4O4S2/c1-9-2-7-12-15(14(9)25-27(23)24)26-17(21-12)10-3-5-11(6-4-10)20-13(8-18)16(19)22/h2-7,13,20H,1H3,(H2,19,22)(H,23,24). The second-order valence-corrected chi connectivity index (χ2v) is 7.17. The molecule has 0 bridgehead atoms. The first-order valence-electron chi connectivity index (χ1n) is 7.64. The number of amides is 1. The summed E-state index contributed by atoms with van der Waals surface area (Å²) in [7, 11) is 0. The molecule has 0 aliphatic carbocycles. The van der Waals surface area contributed by atoms with E-state index >= 15 is 0 Å². The van der Waals surface area contributed by atoms with Gasteiger partial charge in [-0.3, -0.25) is 9.35 Å². The summed E-state index contributed by atoms with van der Waals surface area (Å²) in [5, 5.41) is 12.3. The van der Waals surface area contributed by atoms with Gasteiger partial charge in [0.1, 0.15) is 5.01 Å². The van der Waals surface area contributed by atoms with E-state index in [1.807, 2.05) is 6.07 Å². The minimum absolute atomic E-state index is 0.327. The Balaban J connectivity index is 1.93. The average molecular weight is 402 g/mol. The lowest BCUT2D eigenvalue weighted by Crippen LogP contribution is -2.33. The highest BCUT2D eigenvalue weighted by molar-refractivity contribution is 7.74. The van der Waals surface area contributed by atoms with E-state index in [4.69, 9.17) is 19.7 Å². The van der Waals surface area contributed by atoms with Crippen LogP contribution in [0.3, 0.4) is 0 Å². The Morgan fingerprint density at radius 2 is 2.07 bits per heavy atom. The van der Waals surface area contributed by atoms with Crippen molar-refractivity contribution in [2.75, 3.05) is 5.32 Å². The third kappa shape index (κ3) is 4.06. The van der Waals surface area contributed by atoms with Gasteiger partial charge < -0.3 is 15.2 Å². The lowest BCUT2D eigenvalue weighted by molar-refractivity contribution is -0.117. The Morgan fingerprint density at radius 1 is 1.37 bits per heavy atom. The number of carbonyl (C=O) groups is 1. The van der Waals surface area contributed by atoms with Gasteiger partial charge in [0.05, 0.1) is 16.3 Å². The van der Waals surface area contributed by atoms with Crippen molar-refractivity contribution >= 4 is 44.5 Å². The third-order valence-electron chi connectivity index (χ3n) is 3.72. The second-order valence-electron chi connectivity index (χ2n) is 5.57. The van der Waals surface area contributed by atoms with Crippen LogP contribution in [0, 0.1) is 18.3 Å². The van der Waals surface area contributed by atoms with Crippen molar-refractivity contribution in [3.05, 3.63) is 42.0 Å². The predicted molar refractivity (Wildman–Crippen MR) is 103 cm³/mol. The van der Waals surface area contributed by atoms with Crippen molar-refractivity contribution < 1.29 is 17.7 Å². The molecule has 0 spiro atoms. The van der Waals surface area contributed by atoms with E-state index in [0.717, 1.165) is 11.1 Å². The van der Waals surface area contributed by atoms with Crippen LogP contribution < -0.4 is 15.2 Å². The minimum atomic E-state index is -2.43. The Labute approximate surface area is 161 Å². The first kappa shape index (κ1) is 18.8. The number of fused-ring (bicyclic) bond motifs is 1. The number of aromatic nitrogens is 1. The lowest BCUT2D eigenvalue weighted by atomic mass is 10.2. The summed E-state index contributed by atoms with van der Waals surface area (Å²) in [4.78, 5) is 15.7. The maximum Gasteiger partial charge on any atom is 0.357 e. The van der Waals surface area contributed by atoms with E-state index in [1.54, 1.807) is 43.3 Å². The van der Waals surface area contributed by atoms with Gasteiger partial charge in [-0.25, -0.2) is 4.98 Å². The third-order valence-corrected chi connectivity index (χ3v) is 5.15. The first-order valence-corrected chi connectivity index (χ1v) is 9.49. The van der Waals surface area contributed by atoms with Crippen LogP contribution >= 0.6 is 11.3 Å². The lowest BCUT2D eigenvalue weighted by Gasteiger charge is -2.09. The molecule has 0 saturated heterocycles. The molecular weight excluding hydrogens is 388 g/mol. The summed E-state index contributed by atoms with van der Waals surface area (Å²) in [6.45, 7) is 1.78. The van der Waals surface area contributed by atoms with E-state index in [2.05, 4.69) is 10.3 Å². The summed E-state index contributed by atoms with van der Waals surface area (Å²) in [6, 6.07) is 11.2. The molecule has 138 valence electrons. The largest absolute Gasteiger partial charge is 0.378 e. The number of nitrogens with zero attached hydrogens (tertiary/aromatic N) is 2. The van der Waals surface area contributed by atoms with Crippen LogP contribution in [0.25, 0.3) is 20.8 Å². The molecule has 1 heterocycles. The van der Waals surface area contributed by atoms with Crippen LogP contribution in [-0.4, -0.2) is 25.7 Å². The van der Waals surface area contributed by atoms with Gasteiger partial charge in [0.2, 0.25) is 0 Å². The van der Waals surface area contributed by atoms with Gasteiger partial charge in [0, 0.05) is 11.3 Å². The quantitative estimate of drug-likeness (QED) is 0.539. The maximum atomic E-state index is 11.1. The highest BCUT2D eigenvalue weighted by Crippen LogP contribution is 2.38. The van der Waals surface area contributed by atoms with Crippen molar-refractivity contribution in [3.63, 3.8) is 0 Å². The average Bonchev–Trinajstić information content (AvgIpc) is 3.06. The SMILES string of the molecule is Cc1ccc2nc(-c3ccc(NC(C#N)C(N)=O)cc3)sc2c1OS(=O)O. The normalized spacial score (nSPS) is 12.9. The number of nitrogens with one attached hydrogen (secondary N) is 1. The van der Waals surface area contributed by atoms with E-state index in [9.17, 15) is 9.00 Å². The zero-order valence-corrected chi connectivity index (χ0v) is 15.6. The number of aryl methyl sites for hydroxylation is 1. The van der Waals surface area contributed by atoms with E-state index < -0.39 is 23.3 Å². The number of hydrogen-bond donors (Lipinski definition) is 3. The summed E-state index contributed by atoms with van der Waals surface area (Å²) >= 11 is -1.09. The molecule has 2 atom stereocenters. The van der Waals surface area contributed by atoms with Gasteiger partial charge in [-0.2, -0.15) is 9.47 Å². The fraction of sp³-hybridized carbons (Fsp3) is 0.118. The van der Waals surface area contributed by atoms with Crippen LogP contribution in [0.1, 0.15) is 5.56 Å². The Hall–Kier alpha value is -3.00. The zero-order chi connectivity index (χ0) is 19.6. The number of anilines is 1. The van der Waals surface area contributed by atoms with Crippen molar-refractivity contribution in [2.45, 2.75) is 13.0 Å². The van der Waals surface area contributed by atoms with Gasteiger partial charge in [-0.1, -0.05) is 6.07 Å². The Morgan fingerprint density at radius 3 is 2.67 bits per heavy atom. The van der Waals surface area contributed by atoms with Gasteiger partial charge in [-0.15, -0.1) is 11.3 Å². The second kappa shape index (κ2) is 7.71. The summed E-state index contributed by atoms with van der Waals surface area (Å²) in [5.74, 6) is -0.425. The van der Waals surface area contributed by atoms with Crippen molar-refractivity contribution in [1.29, 1.82) is 5.26 Å². The molecule has 27 heavy (non-hydrogen) atoms. The highest BCUT2D eigenvalue weighted by Gasteiger charge is 2.16. The molecule has 0 radical (unpaired) electrons. The number of benzene rings is 2. The molecule has 2 unspecified atom stereocenters. The summed E-state index contributed by atoms with van der Waals surface area (Å²) in [6.07, 6.45) is 0. The Bertz CT molecular complexity index is 1070. The van der Waals surface area contributed by atoms with Gasteiger partial charge in [0.25, 0.3) is 5.91 Å². The maximum absolute atomic E-state index is 11.1. The molecule has 0 fully saturated rings. The van der Waals surface area contributed by atoms with Crippen molar-refractivity contribution in [3.8, 4) is 22.4 Å². The molecule has 0 aliphatic heterocycles. The predicted octanol–water partition coefficient (Wildman–Crippen LogP) is 2.58. The molecule has 3 aromatic rings. The molecule has 0 aliphatic rings. The topological polar surface area (TPSA) is 138 Å². The number of carbonyl (C=O) groups excluding carboxylic acids is 1. The number of nitrogens with two attached hydrogens (primary N) is 1. The first-order chi connectivity index (χ1) is 12.9. The highest BCUT2D eigenvalue weighted by atomic mass is 32.2.